The lowest BCUT2D eigenvalue weighted by Gasteiger charge is -1.97. The molecule has 4 heteroatoms. The molecule has 0 aliphatic carbocycles. The van der Waals surface area contributed by atoms with Gasteiger partial charge in [0, 0.05) is 22.9 Å². The van der Waals surface area contributed by atoms with Gasteiger partial charge in [0.1, 0.15) is 6.61 Å². The number of benzene rings is 1. The molecule has 1 heterocycles. The van der Waals surface area contributed by atoms with Crippen LogP contribution in [0.1, 0.15) is 10.4 Å². The summed E-state index contributed by atoms with van der Waals surface area (Å²) in [5, 5.41) is 0.606. The lowest BCUT2D eigenvalue weighted by molar-refractivity contribution is 0.104. The largest absolute Gasteiger partial charge is 0.472 e. The summed E-state index contributed by atoms with van der Waals surface area (Å²) in [7, 11) is 0. The average Bonchev–Trinajstić information content (AvgIpc) is 2.71. The maximum absolute atomic E-state index is 11.6. The number of hydrogen-bond acceptors (Lipinski definition) is 3. The molecule has 0 bridgehead atoms. The van der Waals surface area contributed by atoms with E-state index >= 15 is 0 Å². The van der Waals surface area contributed by atoms with Crippen LogP contribution in [0.5, 0.6) is 0 Å². The average molecular weight is 222 g/mol. The first-order chi connectivity index (χ1) is 7.25. The van der Waals surface area contributed by atoms with Crippen molar-refractivity contribution in [2.24, 2.45) is 4.99 Å². The molecule has 1 aromatic rings. The lowest BCUT2D eigenvalue weighted by Crippen LogP contribution is -1.95. The fraction of sp³-hybridized carbons (Fsp3) is 0.0909. The van der Waals surface area contributed by atoms with Crippen LogP contribution in [-0.2, 0) is 4.74 Å². The summed E-state index contributed by atoms with van der Waals surface area (Å²) in [5.74, 6) is 0.218. The van der Waals surface area contributed by atoms with E-state index in [-0.39, 0.29) is 5.78 Å². The molecule has 0 saturated heterocycles. The molecule has 0 atom stereocenters. The smallest absolute Gasteiger partial charge is 0.217 e. The van der Waals surface area contributed by atoms with Crippen molar-refractivity contribution in [3.63, 3.8) is 0 Å². The standard InChI is InChI=1S/C11H8ClNO2/c12-9-3-1-8(2-4-9)10(14)7-11-13-5-6-15-11/h1-5,7H,6H2/b11-7-. The number of carbonyl (C=O) groups excluding carboxylic acids is 1. The van der Waals surface area contributed by atoms with Crippen molar-refractivity contribution < 1.29 is 9.53 Å². The maximum atomic E-state index is 11.6. The topological polar surface area (TPSA) is 38.7 Å². The molecular formula is C11H8ClNO2. The van der Waals surface area contributed by atoms with Crippen molar-refractivity contribution in [1.82, 2.24) is 0 Å². The zero-order valence-electron chi connectivity index (χ0n) is 7.81. The highest BCUT2D eigenvalue weighted by molar-refractivity contribution is 6.30. The van der Waals surface area contributed by atoms with Crippen LogP contribution in [0.4, 0.5) is 0 Å². The predicted octanol–water partition coefficient (Wildman–Crippen LogP) is 2.47. The molecule has 76 valence electrons. The summed E-state index contributed by atoms with van der Waals surface area (Å²) in [4.78, 5) is 15.5. The molecule has 3 nitrogen and oxygen atoms in total. The van der Waals surface area contributed by atoms with Gasteiger partial charge in [-0.1, -0.05) is 11.6 Å². The van der Waals surface area contributed by atoms with Crippen LogP contribution in [0.15, 0.2) is 41.2 Å². The number of rotatable bonds is 2. The number of ether oxygens (including phenoxy) is 1. The van der Waals surface area contributed by atoms with Gasteiger partial charge in [-0.3, -0.25) is 4.79 Å². The predicted molar refractivity (Wildman–Crippen MR) is 58.3 cm³/mol. The third-order valence-electron chi connectivity index (χ3n) is 1.91. The molecule has 15 heavy (non-hydrogen) atoms. The molecule has 0 amide bonds. The molecule has 0 aromatic heterocycles. The minimum absolute atomic E-state index is 0.138. The molecule has 0 fully saturated rings. The Bertz CT molecular complexity index is 434. The Morgan fingerprint density at radius 2 is 2.13 bits per heavy atom. The van der Waals surface area contributed by atoms with Crippen molar-refractivity contribution in [3.05, 3.63) is 46.8 Å². The van der Waals surface area contributed by atoms with Gasteiger partial charge >= 0.3 is 0 Å². The van der Waals surface area contributed by atoms with E-state index in [1.54, 1.807) is 30.5 Å². The second-order valence-electron chi connectivity index (χ2n) is 2.98. The fourth-order valence-corrected chi connectivity index (χ4v) is 1.30. The lowest BCUT2D eigenvalue weighted by atomic mass is 10.1. The highest BCUT2D eigenvalue weighted by Gasteiger charge is 2.07. The Kier molecular flexibility index (Phi) is 2.83. The van der Waals surface area contributed by atoms with E-state index in [0.717, 1.165) is 0 Å². The Morgan fingerprint density at radius 3 is 2.73 bits per heavy atom. The zero-order chi connectivity index (χ0) is 10.7. The van der Waals surface area contributed by atoms with Crippen LogP contribution in [0, 0.1) is 0 Å². The van der Waals surface area contributed by atoms with Crippen LogP contribution >= 0.6 is 11.6 Å². The van der Waals surface area contributed by atoms with E-state index < -0.39 is 0 Å². The van der Waals surface area contributed by atoms with Crippen molar-refractivity contribution in [3.8, 4) is 0 Å². The van der Waals surface area contributed by atoms with Crippen LogP contribution in [0.2, 0.25) is 5.02 Å². The summed E-state index contributed by atoms with van der Waals surface area (Å²) in [6.45, 7) is 0.430. The first kappa shape index (κ1) is 9.93. The van der Waals surface area contributed by atoms with Crippen LogP contribution in [-0.4, -0.2) is 18.6 Å². The van der Waals surface area contributed by atoms with Crippen LogP contribution < -0.4 is 0 Å². The van der Waals surface area contributed by atoms with Crippen molar-refractivity contribution in [2.75, 3.05) is 6.61 Å². The number of allylic oxidation sites excluding steroid dienone is 1. The number of aliphatic imine (C=N–C) groups is 1. The number of carbonyl (C=O) groups is 1. The molecule has 1 aliphatic heterocycles. The summed E-state index contributed by atoms with van der Waals surface area (Å²) in [6, 6.07) is 6.68. The van der Waals surface area contributed by atoms with Gasteiger partial charge in [-0.2, -0.15) is 0 Å². The quantitative estimate of drug-likeness (QED) is 0.569. The Balaban J connectivity index is 2.17. The summed E-state index contributed by atoms with van der Waals surface area (Å²) in [5.41, 5.74) is 0.567. The Hall–Kier alpha value is -1.61. The first-order valence-electron chi connectivity index (χ1n) is 4.42. The Morgan fingerprint density at radius 1 is 1.40 bits per heavy atom. The van der Waals surface area contributed by atoms with Gasteiger partial charge in [0.25, 0.3) is 0 Å². The summed E-state index contributed by atoms with van der Waals surface area (Å²) in [6.07, 6.45) is 2.98. The van der Waals surface area contributed by atoms with Gasteiger partial charge < -0.3 is 4.74 Å². The fourth-order valence-electron chi connectivity index (χ4n) is 1.18. The normalized spacial score (nSPS) is 16.7. The third kappa shape index (κ3) is 2.44. The molecular weight excluding hydrogens is 214 g/mol. The first-order valence-corrected chi connectivity index (χ1v) is 4.80. The number of hydrogen-bond donors (Lipinski definition) is 0. The van der Waals surface area contributed by atoms with Gasteiger partial charge in [0.05, 0.1) is 0 Å². The summed E-state index contributed by atoms with van der Waals surface area (Å²) >= 11 is 5.71. The minimum Gasteiger partial charge on any atom is -0.472 e. The van der Waals surface area contributed by atoms with E-state index in [9.17, 15) is 4.79 Å². The SMILES string of the molecule is O=C(/C=C1/N=CCO1)c1ccc(Cl)cc1. The van der Waals surface area contributed by atoms with E-state index in [0.29, 0.717) is 23.1 Å². The van der Waals surface area contributed by atoms with Crippen LogP contribution in [0.3, 0.4) is 0 Å². The molecule has 1 aromatic carbocycles. The van der Waals surface area contributed by atoms with Gasteiger partial charge in [-0.15, -0.1) is 0 Å². The number of nitrogens with zero attached hydrogens (tertiary/aromatic N) is 1. The molecule has 0 spiro atoms. The molecule has 0 unspecified atom stereocenters. The highest BCUT2D eigenvalue weighted by Crippen LogP contribution is 2.12. The number of ketones is 1. The van der Waals surface area contributed by atoms with E-state index in [1.165, 1.54) is 6.08 Å². The van der Waals surface area contributed by atoms with Gasteiger partial charge in [0.2, 0.25) is 5.88 Å². The number of halogens is 1. The maximum Gasteiger partial charge on any atom is 0.217 e. The molecule has 1 aliphatic rings. The van der Waals surface area contributed by atoms with Gasteiger partial charge in [0.15, 0.2) is 5.78 Å². The molecule has 0 saturated carbocycles. The third-order valence-corrected chi connectivity index (χ3v) is 2.16. The van der Waals surface area contributed by atoms with Crippen molar-refractivity contribution >= 4 is 23.6 Å². The van der Waals surface area contributed by atoms with Gasteiger partial charge in [-0.25, -0.2) is 4.99 Å². The molecule has 0 N–H and O–H groups in total. The monoisotopic (exact) mass is 221 g/mol. The molecule has 0 radical (unpaired) electrons. The minimum atomic E-state index is -0.138. The zero-order valence-corrected chi connectivity index (χ0v) is 8.57. The Labute approximate surface area is 92.0 Å². The molecule has 2 rings (SSSR count). The highest BCUT2D eigenvalue weighted by atomic mass is 35.5. The van der Waals surface area contributed by atoms with E-state index in [2.05, 4.69) is 4.99 Å². The van der Waals surface area contributed by atoms with E-state index in [4.69, 9.17) is 16.3 Å². The second kappa shape index (κ2) is 4.28. The summed E-state index contributed by atoms with van der Waals surface area (Å²) < 4.78 is 5.06. The van der Waals surface area contributed by atoms with Gasteiger partial charge in [-0.05, 0) is 24.3 Å². The van der Waals surface area contributed by atoms with Crippen molar-refractivity contribution in [1.29, 1.82) is 0 Å². The van der Waals surface area contributed by atoms with Crippen molar-refractivity contribution in [2.45, 2.75) is 0 Å². The van der Waals surface area contributed by atoms with Crippen LogP contribution in [0.25, 0.3) is 0 Å². The van der Waals surface area contributed by atoms with E-state index in [1.807, 2.05) is 0 Å². The second-order valence-corrected chi connectivity index (χ2v) is 3.41.